The molecule has 2 aromatic heterocycles. The Kier molecular flexibility index (Phi) is 2.49. The number of aromatic nitrogens is 2. The van der Waals surface area contributed by atoms with Crippen molar-refractivity contribution in [2.45, 2.75) is 0 Å². The van der Waals surface area contributed by atoms with E-state index in [1.807, 2.05) is 12.1 Å². The topological polar surface area (TPSA) is 68.9 Å². The molecule has 6 heteroatoms. The summed E-state index contributed by atoms with van der Waals surface area (Å²) >= 11 is 1.48. The second-order valence-corrected chi connectivity index (χ2v) is 4.52. The zero-order valence-corrected chi connectivity index (χ0v) is 9.92. The van der Waals surface area contributed by atoms with Crippen LogP contribution in [0.15, 0.2) is 42.0 Å². The molecule has 3 rings (SSSR count). The number of rotatable bonds is 2. The molecule has 0 atom stereocenters. The number of thiazole rings is 1. The van der Waals surface area contributed by atoms with E-state index in [0.29, 0.717) is 0 Å². The van der Waals surface area contributed by atoms with E-state index in [4.69, 9.17) is 0 Å². The molecule has 0 fully saturated rings. The van der Waals surface area contributed by atoms with Crippen LogP contribution in [0.25, 0.3) is 21.5 Å². The van der Waals surface area contributed by atoms with Crippen molar-refractivity contribution in [2.75, 3.05) is 0 Å². The van der Waals surface area contributed by atoms with E-state index in [-0.39, 0.29) is 5.69 Å². The van der Waals surface area contributed by atoms with Gasteiger partial charge in [0, 0.05) is 23.9 Å². The lowest BCUT2D eigenvalue weighted by molar-refractivity contribution is -0.384. The molecular formula is C12H7N3O2S. The first-order valence-electron chi connectivity index (χ1n) is 5.19. The summed E-state index contributed by atoms with van der Waals surface area (Å²) in [5.74, 6) is 0. The van der Waals surface area contributed by atoms with Crippen LogP contribution in [0, 0.1) is 10.1 Å². The lowest BCUT2D eigenvalue weighted by Gasteiger charge is -2.01. The average Bonchev–Trinajstić information content (AvgIpc) is 2.87. The summed E-state index contributed by atoms with van der Waals surface area (Å²) in [7, 11) is 0. The van der Waals surface area contributed by atoms with E-state index in [1.165, 1.54) is 23.5 Å². The molecule has 0 aliphatic heterocycles. The maximum atomic E-state index is 10.8. The van der Waals surface area contributed by atoms with Crippen LogP contribution in [0.1, 0.15) is 0 Å². The van der Waals surface area contributed by atoms with Gasteiger partial charge in [-0.1, -0.05) is 12.1 Å². The fourth-order valence-electron chi connectivity index (χ4n) is 1.76. The minimum atomic E-state index is -0.406. The molecule has 3 aromatic rings. The highest BCUT2D eigenvalue weighted by Crippen LogP contribution is 2.30. The highest BCUT2D eigenvalue weighted by Gasteiger charge is 2.11. The van der Waals surface area contributed by atoms with Gasteiger partial charge in [0.15, 0.2) is 0 Å². The molecular weight excluding hydrogens is 250 g/mol. The first kappa shape index (κ1) is 10.8. The van der Waals surface area contributed by atoms with E-state index in [1.54, 1.807) is 17.8 Å². The SMILES string of the molecule is O=[N+]([O-])c1cccc(-c2nccc3ncsc23)c1. The Balaban J connectivity index is 2.23. The molecule has 0 amide bonds. The third-order valence-corrected chi connectivity index (χ3v) is 3.43. The lowest BCUT2D eigenvalue weighted by atomic mass is 10.1. The van der Waals surface area contributed by atoms with E-state index >= 15 is 0 Å². The Bertz CT molecular complexity index is 739. The fraction of sp³-hybridized carbons (Fsp3) is 0. The van der Waals surface area contributed by atoms with Crippen LogP contribution in [-0.4, -0.2) is 14.9 Å². The van der Waals surface area contributed by atoms with E-state index in [9.17, 15) is 10.1 Å². The first-order valence-corrected chi connectivity index (χ1v) is 6.07. The van der Waals surface area contributed by atoms with Crippen LogP contribution >= 0.6 is 11.3 Å². The number of nitro groups is 1. The molecule has 0 N–H and O–H groups in total. The number of pyridine rings is 1. The van der Waals surface area contributed by atoms with Crippen molar-refractivity contribution in [1.29, 1.82) is 0 Å². The van der Waals surface area contributed by atoms with E-state index in [0.717, 1.165) is 21.5 Å². The Morgan fingerprint density at radius 1 is 1.22 bits per heavy atom. The molecule has 88 valence electrons. The van der Waals surface area contributed by atoms with E-state index in [2.05, 4.69) is 9.97 Å². The summed E-state index contributed by atoms with van der Waals surface area (Å²) in [6.07, 6.45) is 1.66. The number of nitro benzene ring substituents is 1. The van der Waals surface area contributed by atoms with Gasteiger partial charge in [0.2, 0.25) is 0 Å². The Morgan fingerprint density at radius 2 is 2.11 bits per heavy atom. The number of fused-ring (bicyclic) bond motifs is 1. The van der Waals surface area contributed by atoms with Crippen LogP contribution in [0.3, 0.4) is 0 Å². The summed E-state index contributed by atoms with van der Waals surface area (Å²) in [6, 6.07) is 8.30. The molecule has 0 radical (unpaired) electrons. The fourth-order valence-corrected chi connectivity index (χ4v) is 2.56. The minimum Gasteiger partial charge on any atom is -0.258 e. The molecule has 1 aromatic carbocycles. The van der Waals surface area contributed by atoms with E-state index < -0.39 is 4.92 Å². The van der Waals surface area contributed by atoms with Crippen molar-refractivity contribution in [3.05, 3.63) is 52.2 Å². The van der Waals surface area contributed by atoms with Crippen molar-refractivity contribution >= 4 is 27.2 Å². The summed E-state index contributed by atoms with van der Waals surface area (Å²) in [5.41, 5.74) is 4.14. The van der Waals surface area contributed by atoms with Gasteiger partial charge in [-0.3, -0.25) is 15.1 Å². The Morgan fingerprint density at radius 3 is 2.94 bits per heavy atom. The quantitative estimate of drug-likeness (QED) is 0.522. The number of non-ortho nitro benzene ring substituents is 1. The average molecular weight is 257 g/mol. The first-order chi connectivity index (χ1) is 8.75. The minimum absolute atomic E-state index is 0.0656. The molecule has 0 spiro atoms. The van der Waals surface area contributed by atoms with Crippen LogP contribution in [-0.2, 0) is 0 Å². The van der Waals surface area contributed by atoms with Gasteiger partial charge in [-0.2, -0.15) is 0 Å². The summed E-state index contributed by atoms with van der Waals surface area (Å²) in [4.78, 5) is 18.9. The molecule has 0 unspecified atom stereocenters. The zero-order chi connectivity index (χ0) is 12.5. The summed E-state index contributed by atoms with van der Waals surface area (Å²) < 4.78 is 0.943. The van der Waals surface area contributed by atoms with Crippen LogP contribution in [0.5, 0.6) is 0 Å². The predicted molar refractivity (Wildman–Crippen MR) is 69.5 cm³/mol. The lowest BCUT2D eigenvalue weighted by Crippen LogP contribution is -1.89. The van der Waals surface area contributed by atoms with Gasteiger partial charge in [0.25, 0.3) is 5.69 Å². The maximum absolute atomic E-state index is 10.8. The molecule has 0 bridgehead atoms. The van der Waals surface area contributed by atoms with Gasteiger partial charge in [-0.25, -0.2) is 4.98 Å². The van der Waals surface area contributed by atoms with Crippen LogP contribution in [0.4, 0.5) is 5.69 Å². The van der Waals surface area contributed by atoms with Crippen molar-refractivity contribution in [3.63, 3.8) is 0 Å². The monoisotopic (exact) mass is 257 g/mol. The molecule has 0 saturated carbocycles. The standard InChI is InChI=1S/C12H7N3O2S/c16-15(17)9-3-1-2-8(6-9)11-12-10(4-5-13-11)14-7-18-12/h1-7H. The molecule has 0 aliphatic rings. The van der Waals surface area contributed by atoms with Crippen molar-refractivity contribution in [2.24, 2.45) is 0 Å². The van der Waals surface area contributed by atoms with Crippen molar-refractivity contribution in [3.8, 4) is 11.3 Å². The second-order valence-electron chi connectivity index (χ2n) is 3.67. The summed E-state index contributed by atoms with van der Waals surface area (Å²) in [6.45, 7) is 0. The number of benzene rings is 1. The Labute approximate surface area is 106 Å². The zero-order valence-electron chi connectivity index (χ0n) is 9.11. The smallest absolute Gasteiger partial charge is 0.258 e. The third-order valence-electron chi connectivity index (χ3n) is 2.58. The molecule has 2 heterocycles. The molecule has 0 saturated heterocycles. The predicted octanol–water partition coefficient (Wildman–Crippen LogP) is 3.27. The van der Waals surface area contributed by atoms with Crippen molar-refractivity contribution in [1.82, 2.24) is 9.97 Å². The number of hydrogen-bond acceptors (Lipinski definition) is 5. The Hall–Kier alpha value is -2.34. The maximum Gasteiger partial charge on any atom is 0.270 e. The second kappa shape index (κ2) is 4.15. The largest absolute Gasteiger partial charge is 0.270 e. The number of nitrogens with zero attached hydrogens (tertiary/aromatic N) is 3. The van der Waals surface area contributed by atoms with Gasteiger partial charge in [-0.05, 0) is 6.07 Å². The van der Waals surface area contributed by atoms with Gasteiger partial charge in [0.05, 0.1) is 26.3 Å². The van der Waals surface area contributed by atoms with Gasteiger partial charge in [-0.15, -0.1) is 11.3 Å². The van der Waals surface area contributed by atoms with Gasteiger partial charge >= 0.3 is 0 Å². The van der Waals surface area contributed by atoms with Gasteiger partial charge in [0.1, 0.15) is 0 Å². The van der Waals surface area contributed by atoms with Crippen LogP contribution < -0.4 is 0 Å². The molecule has 18 heavy (non-hydrogen) atoms. The van der Waals surface area contributed by atoms with Gasteiger partial charge < -0.3 is 0 Å². The molecule has 0 aliphatic carbocycles. The number of hydrogen-bond donors (Lipinski definition) is 0. The summed E-state index contributed by atoms with van der Waals surface area (Å²) in [5, 5.41) is 10.8. The van der Waals surface area contributed by atoms with Crippen molar-refractivity contribution < 1.29 is 4.92 Å². The normalized spacial score (nSPS) is 10.7. The highest BCUT2D eigenvalue weighted by molar-refractivity contribution is 7.17. The highest BCUT2D eigenvalue weighted by atomic mass is 32.1. The molecule has 5 nitrogen and oxygen atoms in total. The third kappa shape index (κ3) is 1.72. The van der Waals surface area contributed by atoms with Crippen LogP contribution in [0.2, 0.25) is 0 Å².